The molecule has 0 aliphatic carbocycles. The number of sulfonamides is 1. The summed E-state index contributed by atoms with van der Waals surface area (Å²) in [5, 5.41) is 0. The second kappa shape index (κ2) is 8.61. The van der Waals surface area contributed by atoms with Crippen molar-refractivity contribution in [1.29, 1.82) is 0 Å². The van der Waals surface area contributed by atoms with E-state index in [1.54, 1.807) is 49.4 Å². The lowest BCUT2D eigenvalue weighted by atomic mass is 9.87. The number of esters is 1. The van der Waals surface area contributed by atoms with Crippen LogP contribution in [0.3, 0.4) is 0 Å². The van der Waals surface area contributed by atoms with Crippen LogP contribution in [0.15, 0.2) is 76.0 Å². The van der Waals surface area contributed by atoms with E-state index in [2.05, 4.69) is 25.8 Å². The molecule has 0 spiro atoms. The van der Waals surface area contributed by atoms with Gasteiger partial charge in [-0.05, 0) is 59.9 Å². The number of methoxy groups -OCH3 is 1. The highest BCUT2D eigenvalue weighted by molar-refractivity contribution is 7.93. The summed E-state index contributed by atoms with van der Waals surface area (Å²) in [6.07, 6.45) is 0. The molecular weight excluding hydrogens is 452 g/mol. The van der Waals surface area contributed by atoms with Crippen LogP contribution >= 0.6 is 0 Å². The van der Waals surface area contributed by atoms with Crippen LogP contribution in [0.5, 0.6) is 0 Å². The number of benzene rings is 3. The first-order valence-electron chi connectivity index (χ1n) is 10.7. The fourth-order valence-electron chi connectivity index (χ4n) is 3.58. The van der Waals surface area contributed by atoms with Crippen LogP contribution < -0.4 is 4.31 Å². The Morgan fingerprint density at radius 3 is 2.35 bits per heavy atom. The second-order valence-corrected chi connectivity index (χ2v) is 10.8. The average Bonchev–Trinajstić information content (AvgIpc) is 3.21. The monoisotopic (exact) mass is 478 g/mol. The quantitative estimate of drug-likeness (QED) is 0.340. The standard InChI is InChI=1S/C26H26N2O5S/c1-17-11-13-20(16-21(17)24(29)32-5)34(30,31)28(19-9-7-6-8-10-19)25-27-22-15-18(26(2,3)4)12-14-23(22)33-25/h6-16H,1-5H3. The number of para-hydroxylation sites is 1. The molecule has 34 heavy (non-hydrogen) atoms. The van der Waals surface area contributed by atoms with Gasteiger partial charge in [-0.3, -0.25) is 0 Å². The minimum Gasteiger partial charge on any atom is -0.465 e. The summed E-state index contributed by atoms with van der Waals surface area (Å²) < 4.78 is 39.6. The van der Waals surface area contributed by atoms with Gasteiger partial charge in [0.1, 0.15) is 5.52 Å². The molecule has 0 amide bonds. The predicted octanol–water partition coefficient (Wildman–Crippen LogP) is 5.75. The maximum absolute atomic E-state index is 13.9. The first-order valence-corrected chi connectivity index (χ1v) is 12.2. The van der Waals surface area contributed by atoms with Crippen LogP contribution in [0.1, 0.15) is 42.3 Å². The summed E-state index contributed by atoms with van der Waals surface area (Å²) in [5.74, 6) is -0.614. The van der Waals surface area contributed by atoms with Gasteiger partial charge in [-0.15, -0.1) is 0 Å². The van der Waals surface area contributed by atoms with Gasteiger partial charge in [0.25, 0.3) is 10.0 Å². The topological polar surface area (TPSA) is 89.7 Å². The molecule has 1 heterocycles. The Balaban J connectivity index is 1.91. The van der Waals surface area contributed by atoms with Gasteiger partial charge in [-0.1, -0.05) is 51.1 Å². The van der Waals surface area contributed by atoms with E-state index in [4.69, 9.17) is 9.15 Å². The van der Waals surface area contributed by atoms with Crippen LogP contribution in [0.4, 0.5) is 11.7 Å². The number of nitrogens with zero attached hydrogens (tertiary/aromatic N) is 2. The van der Waals surface area contributed by atoms with E-state index >= 15 is 0 Å². The molecule has 176 valence electrons. The van der Waals surface area contributed by atoms with Crippen LogP contribution in [0.25, 0.3) is 11.1 Å². The van der Waals surface area contributed by atoms with E-state index in [1.807, 2.05) is 12.1 Å². The molecule has 8 heteroatoms. The number of carbonyl (C=O) groups is 1. The molecule has 4 aromatic rings. The third-order valence-electron chi connectivity index (χ3n) is 5.56. The fourth-order valence-corrected chi connectivity index (χ4v) is 4.98. The van der Waals surface area contributed by atoms with Crippen molar-refractivity contribution in [2.75, 3.05) is 11.4 Å². The van der Waals surface area contributed by atoms with Crippen molar-refractivity contribution < 1.29 is 22.4 Å². The molecule has 1 aromatic heterocycles. The first-order chi connectivity index (χ1) is 16.0. The van der Waals surface area contributed by atoms with Gasteiger partial charge in [0.05, 0.1) is 23.3 Å². The summed E-state index contributed by atoms with van der Waals surface area (Å²) in [6, 6.07) is 18.4. The molecule has 0 aliphatic heterocycles. The highest BCUT2D eigenvalue weighted by Crippen LogP contribution is 2.35. The summed E-state index contributed by atoms with van der Waals surface area (Å²) in [6.45, 7) is 7.98. The fraction of sp³-hybridized carbons (Fsp3) is 0.231. The van der Waals surface area contributed by atoms with Crippen molar-refractivity contribution in [2.24, 2.45) is 0 Å². The van der Waals surface area contributed by atoms with Crippen LogP contribution in [-0.2, 0) is 20.2 Å². The van der Waals surface area contributed by atoms with Gasteiger partial charge in [0.15, 0.2) is 5.58 Å². The summed E-state index contributed by atoms with van der Waals surface area (Å²) >= 11 is 0. The van der Waals surface area contributed by atoms with Gasteiger partial charge in [0, 0.05) is 0 Å². The maximum Gasteiger partial charge on any atom is 0.338 e. The molecule has 0 aliphatic rings. The van der Waals surface area contributed by atoms with E-state index < -0.39 is 16.0 Å². The largest absolute Gasteiger partial charge is 0.465 e. The lowest BCUT2D eigenvalue weighted by molar-refractivity contribution is 0.0599. The van der Waals surface area contributed by atoms with E-state index in [1.165, 1.54) is 19.2 Å². The van der Waals surface area contributed by atoms with Crippen LogP contribution in [-0.4, -0.2) is 26.5 Å². The molecule has 0 saturated carbocycles. The number of aryl methyl sites for hydroxylation is 1. The number of ether oxygens (including phenoxy) is 1. The molecule has 0 unspecified atom stereocenters. The summed E-state index contributed by atoms with van der Waals surface area (Å²) in [5.41, 5.74) is 3.10. The zero-order chi connectivity index (χ0) is 24.7. The van der Waals surface area contributed by atoms with Gasteiger partial charge in [-0.2, -0.15) is 9.29 Å². The zero-order valence-electron chi connectivity index (χ0n) is 19.7. The SMILES string of the molecule is COC(=O)c1cc(S(=O)(=O)N(c2ccccc2)c2nc3cc(C(C)(C)C)ccc3o2)ccc1C. The van der Waals surface area contributed by atoms with Crippen molar-refractivity contribution in [2.45, 2.75) is 38.0 Å². The molecule has 4 rings (SSSR count). The minimum atomic E-state index is -4.21. The lowest BCUT2D eigenvalue weighted by Gasteiger charge is -2.21. The Bertz CT molecular complexity index is 1470. The van der Waals surface area contributed by atoms with Gasteiger partial charge in [0.2, 0.25) is 0 Å². The molecule has 0 radical (unpaired) electrons. The molecule has 0 fully saturated rings. The number of aromatic nitrogens is 1. The van der Waals surface area contributed by atoms with E-state index in [9.17, 15) is 13.2 Å². The van der Waals surface area contributed by atoms with E-state index in [0.29, 0.717) is 22.4 Å². The number of anilines is 2. The van der Waals surface area contributed by atoms with E-state index in [0.717, 1.165) is 9.87 Å². The Morgan fingerprint density at radius 1 is 1.00 bits per heavy atom. The molecule has 0 atom stereocenters. The molecule has 0 N–H and O–H groups in total. The van der Waals surface area contributed by atoms with Crippen molar-refractivity contribution in [1.82, 2.24) is 4.98 Å². The Hall–Kier alpha value is -3.65. The number of hydrogen-bond donors (Lipinski definition) is 0. The highest BCUT2D eigenvalue weighted by Gasteiger charge is 2.32. The second-order valence-electron chi connectivity index (χ2n) is 9.00. The normalized spacial score (nSPS) is 12.0. The lowest BCUT2D eigenvalue weighted by Crippen LogP contribution is -2.27. The Morgan fingerprint density at radius 2 is 1.71 bits per heavy atom. The molecule has 7 nitrogen and oxygen atoms in total. The van der Waals surface area contributed by atoms with Gasteiger partial charge < -0.3 is 9.15 Å². The molecular formula is C26H26N2O5S. The van der Waals surface area contributed by atoms with Gasteiger partial charge >= 0.3 is 12.0 Å². The number of oxazole rings is 1. The summed E-state index contributed by atoms with van der Waals surface area (Å²) in [4.78, 5) is 16.6. The van der Waals surface area contributed by atoms with Crippen LogP contribution in [0.2, 0.25) is 0 Å². The Labute approximate surface area is 199 Å². The van der Waals surface area contributed by atoms with Crippen molar-refractivity contribution >= 4 is 38.8 Å². The van der Waals surface area contributed by atoms with Crippen molar-refractivity contribution in [3.05, 3.63) is 83.4 Å². The number of rotatable bonds is 5. The number of fused-ring (bicyclic) bond motifs is 1. The predicted molar refractivity (Wildman–Crippen MR) is 131 cm³/mol. The average molecular weight is 479 g/mol. The Kier molecular flexibility index (Phi) is 5.95. The molecule has 0 bridgehead atoms. The number of carbonyl (C=O) groups excluding carboxylic acids is 1. The maximum atomic E-state index is 13.9. The highest BCUT2D eigenvalue weighted by atomic mass is 32.2. The van der Waals surface area contributed by atoms with Crippen LogP contribution in [0, 0.1) is 6.92 Å². The minimum absolute atomic E-state index is 0.0833. The first kappa shape index (κ1) is 23.5. The summed E-state index contributed by atoms with van der Waals surface area (Å²) in [7, 11) is -2.95. The smallest absolute Gasteiger partial charge is 0.338 e. The van der Waals surface area contributed by atoms with E-state index in [-0.39, 0.29) is 21.9 Å². The number of hydrogen-bond acceptors (Lipinski definition) is 6. The molecule has 3 aromatic carbocycles. The third kappa shape index (κ3) is 4.28. The molecule has 0 saturated heterocycles. The third-order valence-corrected chi connectivity index (χ3v) is 7.26. The zero-order valence-corrected chi connectivity index (χ0v) is 20.5. The van der Waals surface area contributed by atoms with Gasteiger partial charge in [-0.25, -0.2) is 13.2 Å². The van der Waals surface area contributed by atoms with Crippen molar-refractivity contribution in [3.8, 4) is 0 Å². The van der Waals surface area contributed by atoms with Crippen molar-refractivity contribution in [3.63, 3.8) is 0 Å².